The van der Waals surface area contributed by atoms with Gasteiger partial charge in [0.25, 0.3) is 0 Å². The van der Waals surface area contributed by atoms with Gasteiger partial charge in [-0.1, -0.05) is 52.8 Å². The first-order valence-corrected chi connectivity index (χ1v) is 8.66. The lowest BCUT2D eigenvalue weighted by molar-refractivity contribution is 0.222. The van der Waals surface area contributed by atoms with Crippen molar-refractivity contribution < 1.29 is 5.11 Å². The summed E-state index contributed by atoms with van der Waals surface area (Å²) in [5.74, 6) is 0.932. The van der Waals surface area contributed by atoms with Crippen LogP contribution in [0.15, 0.2) is 30.3 Å². The first kappa shape index (κ1) is 16.3. The van der Waals surface area contributed by atoms with Gasteiger partial charge in [0.05, 0.1) is 0 Å². The topological polar surface area (TPSA) is 20.2 Å². The minimum Gasteiger partial charge on any atom is -0.383 e. The molecule has 0 fully saturated rings. The highest BCUT2D eigenvalue weighted by Crippen LogP contribution is 2.34. The van der Waals surface area contributed by atoms with Gasteiger partial charge in [-0.05, 0) is 47.1 Å². The van der Waals surface area contributed by atoms with Gasteiger partial charge in [0.2, 0.25) is 0 Å². The summed E-state index contributed by atoms with van der Waals surface area (Å²) in [6.45, 7) is 11.0. The molecule has 1 atom stereocenters. The molecule has 1 aromatic carbocycles. The highest BCUT2D eigenvalue weighted by Gasteiger charge is 2.19. The second-order valence-corrected chi connectivity index (χ2v) is 7.46. The van der Waals surface area contributed by atoms with Gasteiger partial charge >= 0.3 is 0 Å². The minimum atomic E-state index is -0.506. The Labute approximate surface area is 132 Å². The largest absolute Gasteiger partial charge is 0.383 e. The van der Waals surface area contributed by atoms with Gasteiger partial charge in [-0.2, -0.15) is 0 Å². The van der Waals surface area contributed by atoms with Crippen LogP contribution in [0.4, 0.5) is 0 Å². The molecule has 0 amide bonds. The summed E-state index contributed by atoms with van der Waals surface area (Å²) >= 11 is 1.72. The SMILES string of the molecule is CCc1ccc(C(O)c2ccc(C(C)C)cc2C(C)C)s1. The van der Waals surface area contributed by atoms with Crippen LogP contribution in [0.5, 0.6) is 0 Å². The van der Waals surface area contributed by atoms with E-state index in [4.69, 9.17) is 0 Å². The molecule has 0 spiro atoms. The summed E-state index contributed by atoms with van der Waals surface area (Å²) in [6.07, 6.45) is 0.523. The van der Waals surface area contributed by atoms with Gasteiger partial charge < -0.3 is 5.11 Å². The summed E-state index contributed by atoms with van der Waals surface area (Å²) in [4.78, 5) is 2.37. The second kappa shape index (κ2) is 6.76. The molecule has 1 nitrogen and oxygen atoms in total. The zero-order chi connectivity index (χ0) is 15.6. The summed E-state index contributed by atoms with van der Waals surface area (Å²) in [6, 6.07) is 10.7. The molecule has 0 radical (unpaired) electrons. The van der Waals surface area contributed by atoms with Crippen molar-refractivity contribution in [3.05, 3.63) is 56.8 Å². The Morgan fingerprint density at radius 3 is 2.19 bits per heavy atom. The Morgan fingerprint density at radius 1 is 0.952 bits per heavy atom. The van der Waals surface area contributed by atoms with Gasteiger partial charge in [0.1, 0.15) is 6.10 Å². The zero-order valence-corrected chi connectivity index (χ0v) is 14.5. The molecule has 0 aliphatic rings. The van der Waals surface area contributed by atoms with E-state index in [0.29, 0.717) is 11.8 Å². The minimum absolute atomic E-state index is 0.416. The molecule has 1 unspecified atom stereocenters. The van der Waals surface area contributed by atoms with Crippen molar-refractivity contribution >= 4 is 11.3 Å². The Hall–Kier alpha value is -1.12. The molecule has 1 N–H and O–H groups in total. The highest BCUT2D eigenvalue weighted by molar-refractivity contribution is 7.12. The Kier molecular flexibility index (Phi) is 5.23. The fourth-order valence-electron chi connectivity index (χ4n) is 2.59. The van der Waals surface area contributed by atoms with Gasteiger partial charge in [0, 0.05) is 9.75 Å². The van der Waals surface area contributed by atoms with Crippen molar-refractivity contribution in [3.8, 4) is 0 Å². The van der Waals surface area contributed by atoms with Gasteiger partial charge in [0.15, 0.2) is 0 Å². The number of rotatable bonds is 5. The van der Waals surface area contributed by atoms with Gasteiger partial charge in [-0.3, -0.25) is 0 Å². The van der Waals surface area contributed by atoms with E-state index in [-0.39, 0.29) is 0 Å². The Balaban J connectivity index is 2.42. The van der Waals surface area contributed by atoms with Crippen LogP contribution in [0.25, 0.3) is 0 Å². The van der Waals surface area contributed by atoms with Crippen molar-refractivity contribution in [2.24, 2.45) is 0 Å². The maximum atomic E-state index is 10.8. The maximum absolute atomic E-state index is 10.8. The fourth-order valence-corrected chi connectivity index (χ4v) is 3.54. The van der Waals surface area contributed by atoms with Crippen LogP contribution in [0.3, 0.4) is 0 Å². The lowest BCUT2D eigenvalue weighted by Crippen LogP contribution is -2.05. The van der Waals surface area contributed by atoms with Crippen LogP contribution in [0.2, 0.25) is 0 Å². The molecule has 0 saturated carbocycles. The molecular weight excluding hydrogens is 276 g/mol. The molecule has 2 rings (SSSR count). The molecule has 1 heterocycles. The van der Waals surface area contributed by atoms with Crippen molar-refractivity contribution in [1.82, 2.24) is 0 Å². The predicted octanol–water partition coefficient (Wildman–Crippen LogP) is 5.64. The molecule has 114 valence electrons. The Bertz CT molecular complexity index is 595. The van der Waals surface area contributed by atoms with E-state index < -0.39 is 6.10 Å². The van der Waals surface area contributed by atoms with Gasteiger partial charge in [-0.15, -0.1) is 11.3 Å². The molecule has 0 saturated heterocycles. The average molecular weight is 302 g/mol. The standard InChI is InChI=1S/C19H26OS/c1-6-15-8-10-18(21-15)19(20)16-9-7-14(12(2)3)11-17(16)13(4)5/h7-13,19-20H,6H2,1-5H3. The molecule has 0 aliphatic carbocycles. The van der Waals surface area contributed by atoms with Gasteiger partial charge in [-0.25, -0.2) is 0 Å². The van der Waals surface area contributed by atoms with Crippen LogP contribution in [-0.2, 0) is 6.42 Å². The van der Waals surface area contributed by atoms with Crippen molar-refractivity contribution in [2.75, 3.05) is 0 Å². The van der Waals surface area contributed by atoms with E-state index in [0.717, 1.165) is 16.9 Å². The van der Waals surface area contributed by atoms with Crippen molar-refractivity contribution in [2.45, 2.75) is 59.0 Å². The summed E-state index contributed by atoms with van der Waals surface area (Å²) in [7, 11) is 0. The van der Waals surface area contributed by atoms with E-state index in [2.05, 4.69) is 65.0 Å². The monoisotopic (exact) mass is 302 g/mol. The highest BCUT2D eigenvalue weighted by atomic mass is 32.1. The first-order chi connectivity index (χ1) is 9.93. The van der Waals surface area contributed by atoms with Crippen LogP contribution < -0.4 is 0 Å². The van der Waals surface area contributed by atoms with Crippen LogP contribution in [0.1, 0.15) is 79.0 Å². The average Bonchev–Trinajstić information content (AvgIpc) is 2.94. The third-order valence-corrected chi connectivity index (χ3v) is 5.28. The van der Waals surface area contributed by atoms with Crippen LogP contribution in [-0.4, -0.2) is 5.11 Å². The quantitative estimate of drug-likeness (QED) is 0.758. The molecule has 0 aliphatic heterocycles. The van der Waals surface area contributed by atoms with Crippen molar-refractivity contribution in [3.63, 3.8) is 0 Å². The Morgan fingerprint density at radius 2 is 1.67 bits per heavy atom. The summed E-state index contributed by atoms with van der Waals surface area (Å²) in [5.41, 5.74) is 3.66. The van der Waals surface area contributed by atoms with Crippen molar-refractivity contribution in [1.29, 1.82) is 0 Å². The molecule has 1 aromatic heterocycles. The lowest BCUT2D eigenvalue weighted by Gasteiger charge is -2.19. The molecule has 21 heavy (non-hydrogen) atoms. The normalized spacial score (nSPS) is 13.1. The van der Waals surface area contributed by atoms with Crippen LogP contribution in [0, 0.1) is 0 Å². The third kappa shape index (κ3) is 3.56. The zero-order valence-electron chi connectivity index (χ0n) is 13.7. The number of aryl methyl sites for hydroxylation is 1. The van der Waals surface area contributed by atoms with E-state index >= 15 is 0 Å². The van der Waals surface area contributed by atoms with E-state index in [1.807, 2.05) is 0 Å². The number of aliphatic hydroxyl groups is 1. The molecule has 2 aromatic rings. The van der Waals surface area contributed by atoms with E-state index in [1.54, 1.807) is 11.3 Å². The third-order valence-electron chi connectivity index (χ3n) is 3.99. The summed E-state index contributed by atoms with van der Waals surface area (Å²) < 4.78 is 0. The second-order valence-electron chi connectivity index (χ2n) is 6.26. The smallest absolute Gasteiger partial charge is 0.113 e. The van der Waals surface area contributed by atoms with E-state index in [9.17, 15) is 5.11 Å². The maximum Gasteiger partial charge on any atom is 0.113 e. The number of thiophene rings is 1. The van der Waals surface area contributed by atoms with Crippen LogP contribution >= 0.6 is 11.3 Å². The van der Waals surface area contributed by atoms with E-state index in [1.165, 1.54) is 16.0 Å². The number of hydrogen-bond donors (Lipinski definition) is 1. The number of benzene rings is 1. The lowest BCUT2D eigenvalue weighted by atomic mass is 9.89. The number of aliphatic hydroxyl groups excluding tert-OH is 1. The predicted molar refractivity (Wildman–Crippen MR) is 92.4 cm³/mol. The first-order valence-electron chi connectivity index (χ1n) is 7.84. The molecule has 0 bridgehead atoms. The molecule has 2 heteroatoms. The molecular formula is C19H26OS. The summed E-state index contributed by atoms with van der Waals surface area (Å²) in [5, 5.41) is 10.8. The fraction of sp³-hybridized carbons (Fsp3) is 0.474. The number of hydrogen-bond acceptors (Lipinski definition) is 2.